The smallest absolute Gasteiger partial charge is 0.242 e. The van der Waals surface area contributed by atoms with E-state index in [1.165, 1.54) is 0 Å². The molecule has 1 saturated heterocycles. The van der Waals surface area contributed by atoms with Crippen molar-refractivity contribution < 1.29 is 19.5 Å². The van der Waals surface area contributed by atoms with Gasteiger partial charge in [-0.1, -0.05) is 43.2 Å². The molecule has 4 N–H and O–H groups in total. The number of aliphatic hydroxyl groups is 1. The zero-order valence-corrected chi connectivity index (χ0v) is 16.7. The van der Waals surface area contributed by atoms with E-state index in [0.717, 1.165) is 18.4 Å². The molecular formula is C22H31N3O4. The minimum Gasteiger partial charge on any atom is -0.394 e. The Morgan fingerprint density at radius 2 is 1.86 bits per heavy atom. The maximum absolute atomic E-state index is 12.8. The van der Waals surface area contributed by atoms with Gasteiger partial charge in [-0.25, -0.2) is 0 Å². The van der Waals surface area contributed by atoms with Gasteiger partial charge in [0.2, 0.25) is 17.7 Å². The highest BCUT2D eigenvalue weighted by atomic mass is 16.3. The summed E-state index contributed by atoms with van der Waals surface area (Å²) < 4.78 is 0. The fourth-order valence-electron chi connectivity index (χ4n) is 3.78. The minimum absolute atomic E-state index is 0.0264. The molecule has 3 rings (SSSR count). The van der Waals surface area contributed by atoms with Gasteiger partial charge in [-0.3, -0.25) is 14.4 Å². The van der Waals surface area contributed by atoms with E-state index in [1.807, 2.05) is 30.3 Å². The summed E-state index contributed by atoms with van der Waals surface area (Å²) in [5.41, 5.74) is 1.08. The highest BCUT2D eigenvalue weighted by Gasteiger charge is 2.32. The van der Waals surface area contributed by atoms with E-state index in [4.69, 9.17) is 0 Å². The predicted molar refractivity (Wildman–Crippen MR) is 109 cm³/mol. The third kappa shape index (κ3) is 6.85. The molecule has 1 heterocycles. The van der Waals surface area contributed by atoms with Crippen molar-refractivity contribution in [2.75, 3.05) is 13.2 Å². The van der Waals surface area contributed by atoms with Crippen LogP contribution in [0.4, 0.5) is 0 Å². The first-order chi connectivity index (χ1) is 14.0. The largest absolute Gasteiger partial charge is 0.394 e. The second kappa shape index (κ2) is 10.4. The molecule has 29 heavy (non-hydrogen) atoms. The number of nitrogens with one attached hydrogen (secondary N) is 3. The first-order valence-corrected chi connectivity index (χ1v) is 10.6. The van der Waals surface area contributed by atoms with E-state index in [2.05, 4.69) is 16.0 Å². The van der Waals surface area contributed by atoms with E-state index in [1.54, 1.807) is 0 Å². The fourth-order valence-corrected chi connectivity index (χ4v) is 3.78. The lowest BCUT2D eigenvalue weighted by Crippen LogP contribution is -2.51. The molecule has 1 aromatic rings. The van der Waals surface area contributed by atoms with Gasteiger partial charge < -0.3 is 21.1 Å². The molecule has 0 spiro atoms. The maximum Gasteiger partial charge on any atom is 0.242 e. The van der Waals surface area contributed by atoms with Crippen LogP contribution in [0.25, 0.3) is 0 Å². The van der Waals surface area contributed by atoms with E-state index in [-0.39, 0.29) is 30.2 Å². The van der Waals surface area contributed by atoms with Crippen LogP contribution in [0.1, 0.15) is 44.1 Å². The summed E-state index contributed by atoms with van der Waals surface area (Å²) >= 11 is 0. The highest BCUT2D eigenvalue weighted by Crippen LogP contribution is 2.33. The van der Waals surface area contributed by atoms with Crippen LogP contribution in [0, 0.1) is 11.8 Å². The molecule has 0 bridgehead atoms. The third-order valence-corrected chi connectivity index (χ3v) is 5.70. The van der Waals surface area contributed by atoms with Crippen molar-refractivity contribution in [3.8, 4) is 0 Å². The zero-order valence-electron chi connectivity index (χ0n) is 16.7. The van der Waals surface area contributed by atoms with Crippen LogP contribution in [0.2, 0.25) is 0 Å². The molecule has 0 unspecified atom stereocenters. The number of carbonyl (C=O) groups is 3. The fraction of sp³-hybridized carbons (Fsp3) is 0.591. The molecule has 1 saturated carbocycles. The first-order valence-electron chi connectivity index (χ1n) is 10.6. The monoisotopic (exact) mass is 401 g/mol. The van der Waals surface area contributed by atoms with Gasteiger partial charge in [0.05, 0.1) is 12.6 Å². The van der Waals surface area contributed by atoms with Crippen LogP contribution in [0.3, 0.4) is 0 Å². The second-order valence-corrected chi connectivity index (χ2v) is 8.19. The Morgan fingerprint density at radius 1 is 1.10 bits per heavy atom. The summed E-state index contributed by atoms with van der Waals surface area (Å²) in [6, 6.07) is 8.69. The molecule has 7 heteroatoms. The van der Waals surface area contributed by atoms with Crippen molar-refractivity contribution in [1.82, 2.24) is 16.0 Å². The topological polar surface area (TPSA) is 108 Å². The van der Waals surface area contributed by atoms with Gasteiger partial charge in [-0.2, -0.15) is 0 Å². The number of rotatable bonds is 11. The summed E-state index contributed by atoms with van der Waals surface area (Å²) in [4.78, 5) is 37.0. The molecule has 2 fully saturated rings. The average molecular weight is 402 g/mol. The van der Waals surface area contributed by atoms with Crippen molar-refractivity contribution in [2.45, 2.75) is 57.0 Å². The lowest BCUT2D eigenvalue weighted by atomic mass is 9.98. The van der Waals surface area contributed by atoms with Crippen molar-refractivity contribution >= 4 is 17.7 Å². The van der Waals surface area contributed by atoms with Crippen molar-refractivity contribution in [1.29, 1.82) is 0 Å². The van der Waals surface area contributed by atoms with Crippen molar-refractivity contribution in [2.24, 2.45) is 11.8 Å². The van der Waals surface area contributed by atoms with Crippen molar-refractivity contribution in [3.05, 3.63) is 35.9 Å². The lowest BCUT2D eigenvalue weighted by Gasteiger charge is -2.23. The molecule has 0 aromatic heterocycles. The second-order valence-electron chi connectivity index (χ2n) is 8.19. The van der Waals surface area contributed by atoms with E-state index >= 15 is 0 Å². The Bertz CT molecular complexity index is 705. The molecule has 1 aliphatic heterocycles. The van der Waals surface area contributed by atoms with Crippen LogP contribution in [0.15, 0.2) is 30.3 Å². The van der Waals surface area contributed by atoms with Crippen LogP contribution in [0.5, 0.6) is 0 Å². The number of benzene rings is 1. The highest BCUT2D eigenvalue weighted by molar-refractivity contribution is 5.88. The van der Waals surface area contributed by atoms with Gasteiger partial charge in [-0.05, 0) is 37.2 Å². The Hall–Kier alpha value is -2.41. The van der Waals surface area contributed by atoms with Gasteiger partial charge in [0.25, 0.3) is 0 Å². The molecule has 158 valence electrons. The summed E-state index contributed by atoms with van der Waals surface area (Å²) in [5.74, 6) is -0.169. The van der Waals surface area contributed by atoms with Crippen molar-refractivity contribution in [3.63, 3.8) is 0 Å². The summed E-state index contributed by atoms with van der Waals surface area (Å²) in [5, 5.41) is 18.1. The quantitative estimate of drug-likeness (QED) is 0.442. The van der Waals surface area contributed by atoms with Crippen LogP contribution in [-0.2, 0) is 20.8 Å². The molecule has 0 radical (unpaired) electrons. The minimum atomic E-state index is -0.600. The van der Waals surface area contributed by atoms with E-state index in [0.29, 0.717) is 44.6 Å². The van der Waals surface area contributed by atoms with Crippen LogP contribution >= 0.6 is 0 Å². The maximum atomic E-state index is 12.8. The Labute approximate surface area is 171 Å². The standard InChI is InChI=1S/C22H31N3O4/c26-14-18(13-17-10-11-23-21(17)28)24-22(29)19(12-16-6-7-16)25-20(27)9-8-15-4-2-1-3-5-15/h1-5,16-19,26H,6-14H2,(H,23,28)(H,24,29)(H,25,27)/t17-,18-,19-/m0/s1. The Kier molecular flexibility index (Phi) is 7.63. The molecular weight excluding hydrogens is 370 g/mol. The summed E-state index contributed by atoms with van der Waals surface area (Å²) in [6.45, 7) is 0.408. The summed E-state index contributed by atoms with van der Waals surface area (Å²) in [7, 11) is 0. The van der Waals surface area contributed by atoms with Crippen LogP contribution in [-0.4, -0.2) is 48.1 Å². The lowest BCUT2D eigenvalue weighted by molar-refractivity contribution is -0.130. The normalized spacial score (nSPS) is 20.6. The molecule has 3 atom stereocenters. The Morgan fingerprint density at radius 3 is 2.48 bits per heavy atom. The number of aryl methyl sites for hydroxylation is 1. The van der Waals surface area contributed by atoms with E-state index < -0.39 is 12.1 Å². The number of hydrogen-bond donors (Lipinski definition) is 4. The number of carbonyl (C=O) groups excluding carboxylic acids is 3. The van der Waals surface area contributed by atoms with Gasteiger partial charge in [-0.15, -0.1) is 0 Å². The molecule has 1 aliphatic carbocycles. The molecule has 7 nitrogen and oxygen atoms in total. The van der Waals surface area contributed by atoms with Crippen LogP contribution < -0.4 is 16.0 Å². The first kappa shape index (κ1) is 21.3. The number of aliphatic hydroxyl groups excluding tert-OH is 1. The third-order valence-electron chi connectivity index (χ3n) is 5.70. The van der Waals surface area contributed by atoms with E-state index in [9.17, 15) is 19.5 Å². The summed E-state index contributed by atoms with van der Waals surface area (Å²) in [6.07, 6.45) is 4.85. The predicted octanol–water partition coefficient (Wildman–Crippen LogP) is 0.907. The SMILES string of the molecule is O=C(CCc1ccccc1)N[C@@H](CC1CC1)C(=O)N[C@H](CO)C[C@@H]1CCNC1=O. The van der Waals surface area contributed by atoms with Gasteiger partial charge in [0.15, 0.2) is 0 Å². The molecule has 1 aromatic carbocycles. The molecule has 3 amide bonds. The number of hydrogen-bond acceptors (Lipinski definition) is 4. The zero-order chi connectivity index (χ0) is 20.6. The van der Waals surface area contributed by atoms with Gasteiger partial charge >= 0.3 is 0 Å². The number of amides is 3. The van der Waals surface area contributed by atoms with Gasteiger partial charge in [0.1, 0.15) is 6.04 Å². The average Bonchev–Trinajstić information content (AvgIpc) is 3.46. The van der Waals surface area contributed by atoms with Gasteiger partial charge in [0, 0.05) is 18.9 Å². The Balaban J connectivity index is 1.51. The molecule has 2 aliphatic rings.